The topological polar surface area (TPSA) is 43.7 Å². The molecule has 0 aliphatic carbocycles. The first-order valence-corrected chi connectivity index (χ1v) is 14.2. The average Bonchev–Trinajstić information content (AvgIpc) is 2.73. The Morgan fingerprint density at radius 3 is 0.871 bits per heavy atom. The number of unbranched alkanes of at least 4 members (excludes halogenated alkanes) is 21. The molecule has 0 spiro atoms. The highest BCUT2D eigenvalue weighted by molar-refractivity contribution is 4.59. The van der Waals surface area contributed by atoms with Crippen LogP contribution in [-0.2, 0) is 0 Å². The van der Waals surface area contributed by atoms with Crippen LogP contribution in [0.1, 0.15) is 162 Å². The highest BCUT2D eigenvalue weighted by Crippen LogP contribution is 2.15. The molecule has 31 heavy (non-hydrogen) atoms. The van der Waals surface area contributed by atoms with Crippen molar-refractivity contribution in [2.45, 2.75) is 174 Å². The van der Waals surface area contributed by atoms with Crippen molar-refractivity contribution >= 4 is 0 Å². The van der Waals surface area contributed by atoms with Crippen LogP contribution in [0.3, 0.4) is 0 Å². The van der Waals surface area contributed by atoms with E-state index in [1.165, 1.54) is 135 Å². The minimum absolute atomic E-state index is 0.560. The Bertz CT molecular complexity index is 325. The summed E-state index contributed by atoms with van der Waals surface area (Å²) >= 11 is 0. The molecule has 3 nitrogen and oxygen atoms in total. The van der Waals surface area contributed by atoms with Crippen LogP contribution in [0.25, 0.3) is 0 Å². The summed E-state index contributed by atoms with van der Waals surface area (Å²) in [7, 11) is 0. The molecule has 3 heteroatoms. The van der Waals surface area contributed by atoms with E-state index in [0.717, 1.165) is 13.0 Å². The Hall–Kier alpha value is -0.120. The number of rotatable bonds is 25. The lowest BCUT2D eigenvalue weighted by Gasteiger charge is -2.27. The zero-order valence-corrected chi connectivity index (χ0v) is 21.8. The fraction of sp³-hybridized carbons (Fsp3) is 1.00. The van der Waals surface area contributed by atoms with Gasteiger partial charge in [-0.25, -0.2) is 0 Å². The van der Waals surface area contributed by atoms with Gasteiger partial charge in [-0.3, -0.25) is 4.90 Å². The molecule has 2 atom stereocenters. The van der Waals surface area contributed by atoms with E-state index in [1.54, 1.807) is 18.7 Å². The van der Waals surface area contributed by atoms with Gasteiger partial charge in [0.1, 0.15) is 12.5 Å². The summed E-state index contributed by atoms with van der Waals surface area (Å²) in [5.74, 6) is 0. The first-order valence-electron chi connectivity index (χ1n) is 14.2. The van der Waals surface area contributed by atoms with Crippen LogP contribution in [0.5, 0.6) is 0 Å². The second-order valence-electron chi connectivity index (χ2n) is 9.93. The van der Waals surface area contributed by atoms with E-state index in [0.29, 0.717) is 0 Å². The molecule has 0 aliphatic heterocycles. The molecule has 0 aliphatic rings. The molecule has 0 aromatic carbocycles. The van der Waals surface area contributed by atoms with Crippen LogP contribution < -0.4 is 0 Å². The van der Waals surface area contributed by atoms with Crippen molar-refractivity contribution < 1.29 is 10.2 Å². The van der Waals surface area contributed by atoms with Crippen molar-refractivity contribution in [1.29, 1.82) is 0 Å². The molecule has 2 N–H and O–H groups in total. The Balaban J connectivity index is 3.14. The predicted octanol–water partition coefficient (Wildman–Crippen LogP) is 8.57. The third kappa shape index (κ3) is 22.9. The Morgan fingerprint density at radius 2 is 0.645 bits per heavy atom. The van der Waals surface area contributed by atoms with Gasteiger partial charge >= 0.3 is 0 Å². The van der Waals surface area contributed by atoms with Crippen molar-refractivity contribution in [3.63, 3.8) is 0 Å². The lowest BCUT2D eigenvalue weighted by atomic mass is 10.0. The van der Waals surface area contributed by atoms with Gasteiger partial charge in [0, 0.05) is 6.54 Å². The zero-order chi connectivity index (χ0) is 23.0. The summed E-state index contributed by atoms with van der Waals surface area (Å²) in [5, 5.41) is 19.2. The van der Waals surface area contributed by atoms with Crippen molar-refractivity contribution in [3.05, 3.63) is 0 Å². The van der Waals surface area contributed by atoms with Gasteiger partial charge in [0.2, 0.25) is 0 Å². The third-order valence-corrected chi connectivity index (χ3v) is 6.73. The molecular formula is C28H59NO2. The molecule has 0 heterocycles. The van der Waals surface area contributed by atoms with Gasteiger partial charge in [0.15, 0.2) is 0 Å². The normalized spacial score (nSPS) is 13.7. The molecular weight excluding hydrogens is 382 g/mol. The molecule has 0 radical (unpaired) electrons. The van der Waals surface area contributed by atoms with Crippen LogP contribution in [0, 0.1) is 0 Å². The van der Waals surface area contributed by atoms with E-state index < -0.39 is 12.5 Å². The predicted molar refractivity (Wildman–Crippen MR) is 137 cm³/mol. The van der Waals surface area contributed by atoms with Gasteiger partial charge in [0.25, 0.3) is 0 Å². The minimum atomic E-state index is -0.560. The molecule has 0 rings (SSSR count). The second-order valence-corrected chi connectivity index (χ2v) is 9.93. The smallest absolute Gasteiger partial charge is 0.106 e. The van der Waals surface area contributed by atoms with Crippen LogP contribution in [0.4, 0.5) is 0 Å². The summed E-state index contributed by atoms with van der Waals surface area (Å²) in [4.78, 5) is 1.75. The summed E-state index contributed by atoms with van der Waals surface area (Å²) in [6, 6.07) is 0. The van der Waals surface area contributed by atoms with Crippen LogP contribution >= 0.6 is 0 Å². The molecule has 0 bridgehead atoms. The molecule has 188 valence electrons. The van der Waals surface area contributed by atoms with E-state index in [1.807, 2.05) is 0 Å². The molecule has 0 saturated heterocycles. The fourth-order valence-corrected chi connectivity index (χ4v) is 4.59. The number of hydrogen-bond donors (Lipinski definition) is 2. The monoisotopic (exact) mass is 441 g/mol. The fourth-order valence-electron chi connectivity index (χ4n) is 4.59. The molecule has 0 amide bonds. The van der Waals surface area contributed by atoms with Crippen molar-refractivity contribution in [3.8, 4) is 0 Å². The van der Waals surface area contributed by atoms with Crippen LogP contribution in [-0.4, -0.2) is 34.1 Å². The summed E-state index contributed by atoms with van der Waals surface area (Å²) in [6.07, 6.45) is 29.6. The number of aliphatic hydroxyl groups is 2. The number of hydrogen-bond acceptors (Lipinski definition) is 3. The zero-order valence-electron chi connectivity index (χ0n) is 21.8. The highest BCUT2D eigenvalue weighted by Gasteiger charge is 2.14. The van der Waals surface area contributed by atoms with Gasteiger partial charge in [-0.2, -0.15) is 0 Å². The Morgan fingerprint density at radius 1 is 0.419 bits per heavy atom. The SMILES string of the molecule is CCCCCCCCCCCCCCCCCCCCCCCCN(C(C)O)C(C)O. The second kappa shape index (κ2) is 24.5. The number of aliphatic hydroxyl groups excluding tert-OH is 2. The summed E-state index contributed by atoms with van der Waals surface area (Å²) in [6.45, 7) is 6.53. The lowest BCUT2D eigenvalue weighted by Crippen LogP contribution is -2.40. The summed E-state index contributed by atoms with van der Waals surface area (Å²) in [5.41, 5.74) is 0. The van der Waals surface area contributed by atoms with Crippen LogP contribution in [0.15, 0.2) is 0 Å². The van der Waals surface area contributed by atoms with Gasteiger partial charge in [0.05, 0.1) is 0 Å². The largest absolute Gasteiger partial charge is 0.379 e. The van der Waals surface area contributed by atoms with Crippen molar-refractivity contribution in [2.75, 3.05) is 6.54 Å². The molecule has 0 fully saturated rings. The molecule has 0 aromatic heterocycles. The van der Waals surface area contributed by atoms with Gasteiger partial charge in [-0.15, -0.1) is 0 Å². The van der Waals surface area contributed by atoms with E-state index in [4.69, 9.17) is 0 Å². The Kier molecular flexibility index (Phi) is 24.4. The van der Waals surface area contributed by atoms with Gasteiger partial charge in [-0.1, -0.05) is 142 Å². The van der Waals surface area contributed by atoms with E-state index in [-0.39, 0.29) is 0 Å². The number of nitrogens with zero attached hydrogens (tertiary/aromatic N) is 1. The quantitative estimate of drug-likeness (QED) is 0.110. The first-order chi connectivity index (χ1) is 15.1. The standard InChI is InChI=1S/C28H59NO2/c1-4-5-6-7-8-9-10-11-12-13-14-15-16-17-18-19-20-21-22-23-24-25-26-29(27(2)30)28(3)31/h27-28,30-31H,4-26H2,1-3H3. The van der Waals surface area contributed by atoms with E-state index >= 15 is 0 Å². The third-order valence-electron chi connectivity index (χ3n) is 6.73. The van der Waals surface area contributed by atoms with Crippen LogP contribution in [0.2, 0.25) is 0 Å². The minimum Gasteiger partial charge on any atom is -0.379 e. The van der Waals surface area contributed by atoms with Crippen molar-refractivity contribution in [1.82, 2.24) is 4.90 Å². The maximum atomic E-state index is 9.62. The maximum Gasteiger partial charge on any atom is 0.106 e. The maximum absolute atomic E-state index is 9.62. The lowest BCUT2D eigenvalue weighted by molar-refractivity contribution is -0.0844. The summed E-state index contributed by atoms with van der Waals surface area (Å²) < 4.78 is 0. The molecule has 0 saturated carbocycles. The Labute approximate surface area is 196 Å². The first kappa shape index (κ1) is 30.9. The molecule has 0 aromatic rings. The molecule has 2 unspecified atom stereocenters. The highest BCUT2D eigenvalue weighted by atomic mass is 16.3. The van der Waals surface area contributed by atoms with E-state index in [2.05, 4.69) is 6.92 Å². The van der Waals surface area contributed by atoms with E-state index in [9.17, 15) is 10.2 Å². The van der Waals surface area contributed by atoms with Crippen molar-refractivity contribution in [2.24, 2.45) is 0 Å². The average molecular weight is 442 g/mol. The van der Waals surface area contributed by atoms with Gasteiger partial charge in [-0.05, 0) is 20.3 Å². The van der Waals surface area contributed by atoms with Gasteiger partial charge < -0.3 is 10.2 Å².